The van der Waals surface area contributed by atoms with Gasteiger partial charge in [0, 0.05) is 14.8 Å². The van der Waals surface area contributed by atoms with Crippen LogP contribution in [0.5, 0.6) is 0 Å². The van der Waals surface area contributed by atoms with Crippen molar-refractivity contribution in [1.82, 2.24) is 9.97 Å². The summed E-state index contributed by atoms with van der Waals surface area (Å²) >= 11 is 11.2. The first-order valence-electron chi connectivity index (χ1n) is 6.27. The number of halogens is 2. The molecule has 0 spiro atoms. The van der Waals surface area contributed by atoms with E-state index in [4.69, 9.17) is 11.6 Å². The molecule has 0 aliphatic carbocycles. The first-order valence-corrected chi connectivity index (χ1v) is 8.42. The third-order valence-electron chi connectivity index (χ3n) is 2.69. The molecule has 1 aromatic heterocycles. The molecule has 0 saturated carbocycles. The highest BCUT2D eigenvalue weighted by atomic mass is 79.9. The molecule has 1 heterocycles. The lowest BCUT2D eigenvalue weighted by molar-refractivity contribution is 0.564. The van der Waals surface area contributed by atoms with E-state index < -0.39 is 0 Å². The predicted molar refractivity (Wildman–Crippen MR) is 89.4 cm³/mol. The van der Waals surface area contributed by atoms with Crippen LogP contribution in [0, 0.1) is 0 Å². The molecule has 0 radical (unpaired) electrons. The van der Waals surface area contributed by atoms with Crippen molar-refractivity contribution in [3.63, 3.8) is 0 Å². The van der Waals surface area contributed by atoms with Gasteiger partial charge in [-0.3, -0.25) is 0 Å². The van der Waals surface area contributed by atoms with Crippen molar-refractivity contribution in [2.45, 2.75) is 36.8 Å². The Labute approximate surface area is 137 Å². The van der Waals surface area contributed by atoms with Crippen LogP contribution in [-0.4, -0.2) is 9.97 Å². The fourth-order valence-corrected chi connectivity index (χ4v) is 2.81. The molecule has 2 aromatic rings. The van der Waals surface area contributed by atoms with Gasteiger partial charge in [0.25, 0.3) is 0 Å². The summed E-state index contributed by atoms with van der Waals surface area (Å²) in [5.74, 6) is 1.49. The van der Waals surface area contributed by atoms with Crippen LogP contribution >= 0.6 is 39.3 Å². The highest BCUT2D eigenvalue weighted by Crippen LogP contribution is 2.26. The van der Waals surface area contributed by atoms with Crippen LogP contribution in [0.1, 0.15) is 32.3 Å². The normalized spacial score (nSPS) is 11.7. The summed E-state index contributed by atoms with van der Waals surface area (Å²) < 4.78 is 1.08. The zero-order valence-electron chi connectivity index (χ0n) is 11.7. The highest BCUT2D eigenvalue weighted by Gasteiger charge is 2.17. The van der Waals surface area contributed by atoms with E-state index in [1.54, 1.807) is 11.8 Å². The number of aromatic nitrogens is 2. The number of benzene rings is 1. The van der Waals surface area contributed by atoms with Gasteiger partial charge in [-0.15, -0.1) is 11.8 Å². The summed E-state index contributed by atoms with van der Waals surface area (Å²) in [6.07, 6.45) is 0. The van der Waals surface area contributed by atoms with E-state index in [2.05, 4.69) is 58.8 Å². The van der Waals surface area contributed by atoms with E-state index in [0.29, 0.717) is 10.9 Å². The Morgan fingerprint density at radius 3 is 2.40 bits per heavy atom. The number of rotatable bonds is 3. The minimum Gasteiger partial charge on any atom is -0.236 e. The van der Waals surface area contributed by atoms with Gasteiger partial charge >= 0.3 is 0 Å². The van der Waals surface area contributed by atoms with Crippen molar-refractivity contribution in [3.8, 4) is 0 Å². The fourth-order valence-electron chi connectivity index (χ4n) is 1.59. The number of hydrogen-bond donors (Lipinski definition) is 0. The van der Waals surface area contributed by atoms with Crippen LogP contribution in [0.4, 0.5) is 0 Å². The van der Waals surface area contributed by atoms with Gasteiger partial charge in [0.05, 0.1) is 11.4 Å². The van der Waals surface area contributed by atoms with Gasteiger partial charge in [-0.2, -0.15) is 0 Å². The minimum atomic E-state index is -0.0242. The second-order valence-corrected chi connectivity index (χ2v) is 7.84. The standard InChI is InChI=1S/C15H16BrClN2S/c1-15(2,3)12-8-13(17)19-14(18-12)9-20-11-6-4-10(16)5-7-11/h4-8H,9H2,1-3H3. The van der Waals surface area contributed by atoms with Crippen LogP contribution in [0.3, 0.4) is 0 Å². The van der Waals surface area contributed by atoms with Crippen LogP contribution in [0.25, 0.3) is 0 Å². The molecule has 5 heteroatoms. The second kappa shape index (κ2) is 6.46. The molecule has 0 N–H and O–H groups in total. The van der Waals surface area contributed by atoms with Gasteiger partial charge in [0.1, 0.15) is 11.0 Å². The lowest BCUT2D eigenvalue weighted by Gasteiger charge is -2.18. The van der Waals surface area contributed by atoms with Crippen molar-refractivity contribution in [3.05, 3.63) is 51.5 Å². The van der Waals surface area contributed by atoms with Crippen LogP contribution in [0.2, 0.25) is 5.15 Å². The summed E-state index contributed by atoms with van der Waals surface area (Å²) in [5.41, 5.74) is 0.952. The van der Waals surface area contributed by atoms with E-state index in [1.165, 1.54) is 4.90 Å². The van der Waals surface area contributed by atoms with Crippen LogP contribution in [-0.2, 0) is 11.2 Å². The quantitative estimate of drug-likeness (QED) is 0.527. The van der Waals surface area contributed by atoms with Gasteiger partial charge in [-0.05, 0) is 30.3 Å². The Kier molecular flexibility index (Phi) is 5.10. The Hall–Kier alpha value is -0.580. The molecule has 0 aliphatic heterocycles. The molecule has 0 atom stereocenters. The molecule has 0 aliphatic rings. The Bertz CT molecular complexity index is 594. The van der Waals surface area contributed by atoms with Crippen molar-refractivity contribution < 1.29 is 0 Å². The number of nitrogens with zero attached hydrogens (tertiary/aromatic N) is 2. The first kappa shape index (κ1) is 15.8. The average molecular weight is 372 g/mol. The maximum Gasteiger partial charge on any atom is 0.140 e. The molecular formula is C15H16BrClN2S. The molecular weight excluding hydrogens is 356 g/mol. The summed E-state index contributed by atoms with van der Waals surface area (Å²) in [6, 6.07) is 10.0. The lowest BCUT2D eigenvalue weighted by Crippen LogP contribution is -2.15. The summed E-state index contributed by atoms with van der Waals surface area (Å²) in [5, 5.41) is 0.510. The van der Waals surface area contributed by atoms with E-state index >= 15 is 0 Å². The molecule has 0 fully saturated rings. The molecule has 0 saturated heterocycles. The van der Waals surface area contributed by atoms with Gasteiger partial charge in [-0.1, -0.05) is 48.3 Å². The molecule has 0 unspecified atom stereocenters. The van der Waals surface area contributed by atoms with E-state index in [0.717, 1.165) is 16.0 Å². The summed E-state index contributed by atoms with van der Waals surface area (Å²) in [4.78, 5) is 10.1. The molecule has 20 heavy (non-hydrogen) atoms. The second-order valence-electron chi connectivity index (χ2n) is 5.48. The predicted octanol–water partition coefficient (Wildman–Crippen LogP) is 5.48. The van der Waals surface area contributed by atoms with Gasteiger partial charge in [0.15, 0.2) is 0 Å². The average Bonchev–Trinajstić information content (AvgIpc) is 2.36. The Morgan fingerprint density at radius 1 is 1.15 bits per heavy atom. The van der Waals surface area contributed by atoms with Crippen molar-refractivity contribution in [2.75, 3.05) is 0 Å². The zero-order valence-corrected chi connectivity index (χ0v) is 14.8. The molecule has 2 rings (SSSR count). The maximum atomic E-state index is 6.09. The van der Waals surface area contributed by atoms with E-state index in [1.807, 2.05) is 18.2 Å². The third-order valence-corrected chi connectivity index (χ3v) is 4.42. The zero-order chi connectivity index (χ0) is 14.8. The molecule has 0 amide bonds. The minimum absolute atomic E-state index is 0.0242. The largest absolute Gasteiger partial charge is 0.236 e. The van der Waals surface area contributed by atoms with Gasteiger partial charge < -0.3 is 0 Å². The monoisotopic (exact) mass is 370 g/mol. The number of hydrogen-bond acceptors (Lipinski definition) is 3. The molecule has 2 nitrogen and oxygen atoms in total. The smallest absolute Gasteiger partial charge is 0.140 e. The lowest BCUT2D eigenvalue weighted by atomic mass is 9.92. The summed E-state index contributed by atoms with van der Waals surface area (Å²) in [6.45, 7) is 6.37. The highest BCUT2D eigenvalue weighted by molar-refractivity contribution is 9.10. The molecule has 0 bridgehead atoms. The topological polar surface area (TPSA) is 25.8 Å². The Morgan fingerprint density at radius 2 is 1.80 bits per heavy atom. The van der Waals surface area contributed by atoms with Crippen LogP contribution < -0.4 is 0 Å². The SMILES string of the molecule is CC(C)(C)c1cc(Cl)nc(CSc2ccc(Br)cc2)n1. The van der Waals surface area contributed by atoms with E-state index in [-0.39, 0.29) is 5.41 Å². The van der Waals surface area contributed by atoms with Gasteiger partial charge in [-0.25, -0.2) is 9.97 Å². The molecule has 106 valence electrons. The number of thioether (sulfide) groups is 1. The van der Waals surface area contributed by atoms with Crippen molar-refractivity contribution in [1.29, 1.82) is 0 Å². The van der Waals surface area contributed by atoms with Crippen molar-refractivity contribution in [2.24, 2.45) is 0 Å². The fraction of sp³-hybridized carbons (Fsp3) is 0.333. The molecule has 1 aromatic carbocycles. The summed E-state index contributed by atoms with van der Waals surface area (Å²) in [7, 11) is 0. The maximum absolute atomic E-state index is 6.09. The van der Waals surface area contributed by atoms with Crippen LogP contribution in [0.15, 0.2) is 39.7 Å². The van der Waals surface area contributed by atoms with Gasteiger partial charge in [0.2, 0.25) is 0 Å². The van der Waals surface area contributed by atoms with Crippen molar-refractivity contribution >= 4 is 39.3 Å². The van der Waals surface area contributed by atoms with E-state index in [9.17, 15) is 0 Å². The first-order chi connectivity index (χ1) is 9.34. The Balaban J connectivity index is 2.13. The third kappa shape index (κ3) is 4.47.